The van der Waals surface area contributed by atoms with Crippen LogP contribution in [0.3, 0.4) is 0 Å². The third-order valence-electron chi connectivity index (χ3n) is 3.63. The molecule has 2 unspecified atom stereocenters. The van der Waals surface area contributed by atoms with Gasteiger partial charge in [0.05, 0.1) is 18.9 Å². The Morgan fingerprint density at radius 2 is 1.86 bits per heavy atom. The van der Waals surface area contributed by atoms with Crippen LogP contribution < -0.4 is 4.74 Å². The van der Waals surface area contributed by atoms with Crippen LogP contribution in [0.2, 0.25) is 0 Å². The number of aliphatic carboxylic acids is 1. The summed E-state index contributed by atoms with van der Waals surface area (Å²) >= 11 is 0. The molecular weight excluding hydrogens is 264 g/mol. The number of benzene rings is 1. The van der Waals surface area contributed by atoms with E-state index in [1.165, 1.54) is 0 Å². The largest absolute Gasteiger partial charge is 0.493 e. The van der Waals surface area contributed by atoms with Crippen molar-refractivity contribution in [2.24, 2.45) is 11.8 Å². The standard InChI is InChI=1S/C18H24O3/c1-5-6-16(11-18(19)20)15-7-9-17(10-8-15)21-12-14(4)13(2)3/h7-10,13-14,16H,11-12H2,1-4H3,(H,19,20). The molecule has 0 aliphatic carbocycles. The minimum Gasteiger partial charge on any atom is -0.493 e. The summed E-state index contributed by atoms with van der Waals surface area (Å²) in [5.41, 5.74) is 0.913. The minimum atomic E-state index is -0.839. The molecule has 2 atom stereocenters. The van der Waals surface area contributed by atoms with Crippen molar-refractivity contribution in [3.05, 3.63) is 29.8 Å². The van der Waals surface area contributed by atoms with Gasteiger partial charge in [-0.1, -0.05) is 38.8 Å². The zero-order valence-corrected chi connectivity index (χ0v) is 13.2. The monoisotopic (exact) mass is 288 g/mol. The molecule has 0 aliphatic heterocycles. The summed E-state index contributed by atoms with van der Waals surface area (Å²) in [6.45, 7) is 8.93. The lowest BCUT2D eigenvalue weighted by Crippen LogP contribution is -2.14. The van der Waals surface area contributed by atoms with Gasteiger partial charge in [0.2, 0.25) is 0 Å². The van der Waals surface area contributed by atoms with Gasteiger partial charge in [0.15, 0.2) is 0 Å². The Bertz CT molecular complexity index is 506. The molecule has 0 aromatic heterocycles. The Hall–Kier alpha value is -1.95. The second-order valence-electron chi connectivity index (χ2n) is 5.65. The van der Waals surface area contributed by atoms with Crippen molar-refractivity contribution in [2.45, 2.75) is 40.0 Å². The molecule has 1 aromatic carbocycles. The van der Waals surface area contributed by atoms with E-state index < -0.39 is 5.97 Å². The van der Waals surface area contributed by atoms with Crippen LogP contribution in [0.25, 0.3) is 0 Å². The number of hydrogen-bond acceptors (Lipinski definition) is 2. The molecule has 0 spiro atoms. The normalized spacial score (nSPS) is 13.2. The summed E-state index contributed by atoms with van der Waals surface area (Å²) in [6.07, 6.45) is 0.0193. The molecule has 0 aliphatic rings. The zero-order chi connectivity index (χ0) is 15.8. The fourth-order valence-corrected chi connectivity index (χ4v) is 1.82. The Balaban J connectivity index is 2.71. The van der Waals surface area contributed by atoms with Crippen molar-refractivity contribution in [2.75, 3.05) is 6.61 Å². The van der Waals surface area contributed by atoms with Gasteiger partial charge in [-0.15, -0.1) is 5.92 Å². The van der Waals surface area contributed by atoms with Crippen LogP contribution in [-0.2, 0) is 4.79 Å². The molecule has 0 saturated carbocycles. The van der Waals surface area contributed by atoms with Crippen LogP contribution in [0.4, 0.5) is 0 Å². The molecule has 1 N–H and O–H groups in total. The van der Waals surface area contributed by atoms with E-state index in [1.807, 2.05) is 24.3 Å². The highest BCUT2D eigenvalue weighted by atomic mass is 16.5. The highest BCUT2D eigenvalue weighted by molar-refractivity contribution is 5.69. The zero-order valence-electron chi connectivity index (χ0n) is 13.2. The number of ether oxygens (including phenoxy) is 1. The maximum Gasteiger partial charge on any atom is 0.304 e. The smallest absolute Gasteiger partial charge is 0.304 e. The van der Waals surface area contributed by atoms with Crippen LogP contribution in [0.1, 0.15) is 45.6 Å². The Kier molecular flexibility index (Phi) is 6.81. The number of carboxylic acid groups (broad SMARTS) is 1. The van der Waals surface area contributed by atoms with Gasteiger partial charge in [-0.25, -0.2) is 0 Å². The van der Waals surface area contributed by atoms with E-state index >= 15 is 0 Å². The first-order valence-electron chi connectivity index (χ1n) is 7.30. The molecule has 21 heavy (non-hydrogen) atoms. The first kappa shape index (κ1) is 17.1. The lowest BCUT2D eigenvalue weighted by Gasteiger charge is -2.16. The molecular formula is C18H24O3. The average Bonchev–Trinajstić information content (AvgIpc) is 2.44. The summed E-state index contributed by atoms with van der Waals surface area (Å²) in [5, 5.41) is 8.93. The number of carbonyl (C=O) groups is 1. The third-order valence-corrected chi connectivity index (χ3v) is 3.63. The van der Waals surface area contributed by atoms with Gasteiger partial charge in [-0.3, -0.25) is 4.79 Å². The fraction of sp³-hybridized carbons (Fsp3) is 0.500. The Morgan fingerprint density at radius 1 is 1.24 bits per heavy atom. The molecule has 0 fully saturated rings. The second-order valence-corrected chi connectivity index (χ2v) is 5.65. The van der Waals surface area contributed by atoms with E-state index in [1.54, 1.807) is 6.92 Å². The van der Waals surface area contributed by atoms with E-state index in [-0.39, 0.29) is 12.3 Å². The van der Waals surface area contributed by atoms with Crippen molar-refractivity contribution < 1.29 is 14.6 Å². The third kappa shape index (κ3) is 5.91. The van der Waals surface area contributed by atoms with E-state index in [9.17, 15) is 4.79 Å². The maximum absolute atomic E-state index is 10.9. The lowest BCUT2D eigenvalue weighted by atomic mass is 9.96. The fourth-order valence-electron chi connectivity index (χ4n) is 1.82. The van der Waals surface area contributed by atoms with Gasteiger partial charge >= 0.3 is 5.97 Å². The first-order valence-corrected chi connectivity index (χ1v) is 7.30. The summed E-state index contributed by atoms with van der Waals surface area (Å²) in [4.78, 5) is 10.9. The molecule has 3 nitrogen and oxygen atoms in total. The van der Waals surface area contributed by atoms with Crippen molar-refractivity contribution in [3.8, 4) is 17.6 Å². The van der Waals surface area contributed by atoms with E-state index in [0.717, 1.165) is 11.3 Å². The topological polar surface area (TPSA) is 46.5 Å². The van der Waals surface area contributed by atoms with Gasteiger partial charge in [-0.05, 0) is 36.5 Å². The van der Waals surface area contributed by atoms with Gasteiger partial charge in [-0.2, -0.15) is 0 Å². The SMILES string of the molecule is CC#CC(CC(=O)O)c1ccc(OCC(C)C(C)C)cc1. The molecule has 0 saturated heterocycles. The predicted molar refractivity (Wildman–Crippen MR) is 84.4 cm³/mol. The summed E-state index contributed by atoms with van der Waals surface area (Å²) < 4.78 is 5.75. The Labute approximate surface area is 127 Å². The number of hydrogen-bond donors (Lipinski definition) is 1. The number of carboxylic acids is 1. The molecule has 3 heteroatoms. The van der Waals surface area contributed by atoms with Crippen molar-refractivity contribution in [1.82, 2.24) is 0 Å². The van der Waals surface area contributed by atoms with Crippen LogP contribution in [-0.4, -0.2) is 17.7 Å². The molecule has 0 bridgehead atoms. The van der Waals surface area contributed by atoms with Crippen molar-refractivity contribution in [3.63, 3.8) is 0 Å². The molecule has 114 valence electrons. The number of rotatable bonds is 7. The Morgan fingerprint density at radius 3 is 2.33 bits per heavy atom. The molecule has 0 radical (unpaired) electrons. The van der Waals surface area contributed by atoms with Crippen molar-refractivity contribution in [1.29, 1.82) is 0 Å². The maximum atomic E-state index is 10.9. The van der Waals surface area contributed by atoms with Crippen molar-refractivity contribution >= 4 is 5.97 Å². The second kappa shape index (κ2) is 8.36. The van der Waals surface area contributed by atoms with Gasteiger partial charge < -0.3 is 9.84 Å². The average molecular weight is 288 g/mol. The van der Waals surface area contributed by atoms with Gasteiger partial charge in [0.1, 0.15) is 5.75 Å². The quantitative estimate of drug-likeness (QED) is 0.773. The van der Waals surface area contributed by atoms with Crippen LogP contribution in [0.5, 0.6) is 5.75 Å². The van der Waals surface area contributed by atoms with Crippen LogP contribution in [0.15, 0.2) is 24.3 Å². The molecule has 1 rings (SSSR count). The van der Waals surface area contributed by atoms with E-state index in [2.05, 4.69) is 32.6 Å². The summed E-state index contributed by atoms with van der Waals surface area (Å²) in [5.74, 6) is 6.52. The molecule has 0 amide bonds. The molecule has 0 heterocycles. The molecule has 1 aromatic rings. The first-order chi connectivity index (χ1) is 9.93. The van der Waals surface area contributed by atoms with Gasteiger partial charge in [0, 0.05) is 0 Å². The highest BCUT2D eigenvalue weighted by Gasteiger charge is 2.13. The summed E-state index contributed by atoms with van der Waals surface area (Å²) in [7, 11) is 0. The van der Waals surface area contributed by atoms with Crippen LogP contribution >= 0.6 is 0 Å². The minimum absolute atomic E-state index is 0.0193. The summed E-state index contributed by atoms with van der Waals surface area (Å²) in [6, 6.07) is 7.56. The van der Waals surface area contributed by atoms with E-state index in [4.69, 9.17) is 9.84 Å². The predicted octanol–water partition coefficient (Wildman–Crippen LogP) is 3.94. The van der Waals surface area contributed by atoms with Gasteiger partial charge in [0.25, 0.3) is 0 Å². The lowest BCUT2D eigenvalue weighted by molar-refractivity contribution is -0.137. The van der Waals surface area contributed by atoms with Crippen LogP contribution in [0, 0.1) is 23.7 Å². The van der Waals surface area contributed by atoms with E-state index in [0.29, 0.717) is 18.4 Å². The highest BCUT2D eigenvalue weighted by Crippen LogP contribution is 2.23.